The lowest BCUT2D eigenvalue weighted by Gasteiger charge is -2.08. The molecule has 0 aliphatic carbocycles. The topological polar surface area (TPSA) is 73.3 Å². The van der Waals surface area contributed by atoms with E-state index < -0.39 is 0 Å². The minimum atomic E-state index is -0.272. The third-order valence-electron chi connectivity index (χ3n) is 3.44. The third-order valence-corrected chi connectivity index (χ3v) is 3.44. The van der Waals surface area contributed by atoms with Gasteiger partial charge in [-0.25, -0.2) is 0 Å². The van der Waals surface area contributed by atoms with Crippen molar-refractivity contribution < 1.29 is 14.3 Å². The van der Waals surface area contributed by atoms with Crippen LogP contribution in [0.1, 0.15) is 10.5 Å². The first-order valence-corrected chi connectivity index (χ1v) is 7.54. The van der Waals surface area contributed by atoms with Crippen LogP contribution < -0.4 is 14.8 Å². The molecule has 3 aromatic rings. The van der Waals surface area contributed by atoms with Gasteiger partial charge in [-0.15, -0.1) is 10.2 Å². The molecule has 0 unspecified atom stereocenters. The minimum absolute atomic E-state index is 0.272. The summed E-state index contributed by atoms with van der Waals surface area (Å²) in [4.78, 5) is 12.1. The molecule has 122 valence electrons. The van der Waals surface area contributed by atoms with Gasteiger partial charge in [-0.1, -0.05) is 18.2 Å². The van der Waals surface area contributed by atoms with Crippen LogP contribution in [-0.4, -0.2) is 36.4 Å². The van der Waals surface area contributed by atoms with Crippen LogP contribution in [0.4, 0.5) is 0 Å². The molecule has 0 saturated carbocycles. The van der Waals surface area contributed by atoms with Crippen molar-refractivity contribution in [3.8, 4) is 11.5 Å². The van der Waals surface area contributed by atoms with E-state index in [4.69, 9.17) is 9.47 Å². The van der Waals surface area contributed by atoms with Crippen molar-refractivity contribution in [3.05, 3.63) is 60.3 Å². The number of nitrogens with zero attached hydrogens (tertiary/aromatic N) is 2. The first-order chi connectivity index (χ1) is 11.8. The highest BCUT2D eigenvalue weighted by atomic mass is 16.5. The van der Waals surface area contributed by atoms with Crippen LogP contribution in [0.5, 0.6) is 11.5 Å². The molecule has 0 fully saturated rings. The van der Waals surface area contributed by atoms with E-state index in [2.05, 4.69) is 15.5 Å². The van der Waals surface area contributed by atoms with Gasteiger partial charge in [0.25, 0.3) is 5.91 Å². The molecule has 6 heteroatoms. The number of fused-ring (bicyclic) bond motifs is 1. The van der Waals surface area contributed by atoms with Gasteiger partial charge in [0, 0.05) is 5.39 Å². The molecule has 1 N–H and O–H groups in total. The Balaban J connectivity index is 1.51. The molecule has 0 spiro atoms. The standard InChI is InChI=1S/C18H17N3O3/c1-23-14-6-8-15(9-7-14)24-11-10-19-18(22)17-12-13-4-2-3-5-16(13)20-21-17/h2-9,12H,10-11H2,1H3,(H,19,22). The van der Waals surface area contributed by atoms with Gasteiger partial charge < -0.3 is 14.8 Å². The smallest absolute Gasteiger partial charge is 0.271 e. The van der Waals surface area contributed by atoms with E-state index in [1.165, 1.54) is 0 Å². The van der Waals surface area contributed by atoms with Crippen LogP contribution in [-0.2, 0) is 0 Å². The Morgan fingerprint density at radius 3 is 2.58 bits per heavy atom. The second-order valence-electron chi connectivity index (χ2n) is 5.07. The van der Waals surface area contributed by atoms with Gasteiger partial charge in [0.15, 0.2) is 5.69 Å². The Hall–Kier alpha value is -3.15. The molecule has 0 saturated heterocycles. The van der Waals surface area contributed by atoms with Crippen molar-refractivity contribution in [2.24, 2.45) is 0 Å². The molecule has 3 rings (SSSR count). The lowest BCUT2D eigenvalue weighted by atomic mass is 10.2. The maximum atomic E-state index is 12.1. The summed E-state index contributed by atoms with van der Waals surface area (Å²) in [5, 5.41) is 11.6. The van der Waals surface area contributed by atoms with Gasteiger partial charge >= 0.3 is 0 Å². The molecule has 24 heavy (non-hydrogen) atoms. The molecule has 0 atom stereocenters. The maximum Gasteiger partial charge on any atom is 0.271 e. The molecule has 1 amide bonds. The summed E-state index contributed by atoms with van der Waals surface area (Å²) in [7, 11) is 1.61. The van der Waals surface area contributed by atoms with Gasteiger partial charge in [-0.3, -0.25) is 4.79 Å². The fourth-order valence-corrected chi connectivity index (χ4v) is 2.19. The second kappa shape index (κ2) is 7.41. The molecule has 0 radical (unpaired) electrons. The van der Waals surface area contributed by atoms with Crippen molar-refractivity contribution in [1.82, 2.24) is 15.5 Å². The number of carbonyl (C=O) groups is 1. The highest BCUT2D eigenvalue weighted by Gasteiger charge is 2.08. The molecule has 1 aromatic heterocycles. The molecule has 0 aliphatic heterocycles. The van der Waals surface area contributed by atoms with E-state index in [0.717, 1.165) is 22.4 Å². The summed E-state index contributed by atoms with van der Waals surface area (Å²) in [5.41, 5.74) is 1.05. The molecule has 0 aliphatic rings. The monoisotopic (exact) mass is 323 g/mol. The summed E-state index contributed by atoms with van der Waals surface area (Å²) >= 11 is 0. The van der Waals surface area contributed by atoms with Gasteiger partial charge in [0.2, 0.25) is 0 Å². The number of carbonyl (C=O) groups excluding carboxylic acids is 1. The van der Waals surface area contributed by atoms with Crippen molar-refractivity contribution in [3.63, 3.8) is 0 Å². The molecular formula is C18H17N3O3. The summed E-state index contributed by atoms with van der Waals surface area (Å²) in [6, 6.07) is 16.5. The lowest BCUT2D eigenvalue weighted by molar-refractivity contribution is 0.0941. The number of amides is 1. The number of benzene rings is 2. The van der Waals surface area contributed by atoms with Gasteiger partial charge in [0.05, 0.1) is 19.2 Å². The van der Waals surface area contributed by atoms with Gasteiger partial charge in [-0.05, 0) is 36.4 Å². The van der Waals surface area contributed by atoms with Crippen molar-refractivity contribution in [2.75, 3.05) is 20.3 Å². The van der Waals surface area contributed by atoms with Crippen molar-refractivity contribution in [1.29, 1.82) is 0 Å². The van der Waals surface area contributed by atoms with E-state index in [1.807, 2.05) is 48.5 Å². The quantitative estimate of drug-likeness (QED) is 0.705. The number of aromatic nitrogens is 2. The van der Waals surface area contributed by atoms with Crippen molar-refractivity contribution in [2.45, 2.75) is 0 Å². The average molecular weight is 323 g/mol. The molecule has 0 bridgehead atoms. The summed E-state index contributed by atoms with van der Waals surface area (Å²) in [5.74, 6) is 1.22. The second-order valence-corrected chi connectivity index (χ2v) is 5.07. The normalized spacial score (nSPS) is 10.4. The predicted octanol–water partition coefficient (Wildman–Crippen LogP) is 2.45. The summed E-state index contributed by atoms with van der Waals surface area (Å²) in [6.07, 6.45) is 0. The highest BCUT2D eigenvalue weighted by molar-refractivity contribution is 5.95. The van der Waals surface area contributed by atoms with Crippen LogP contribution >= 0.6 is 0 Å². The van der Waals surface area contributed by atoms with E-state index in [0.29, 0.717) is 13.2 Å². The number of nitrogens with one attached hydrogen (secondary N) is 1. The number of methoxy groups -OCH3 is 1. The Labute approximate surface area is 139 Å². The van der Waals surface area contributed by atoms with Crippen LogP contribution in [0.15, 0.2) is 54.6 Å². The first-order valence-electron chi connectivity index (χ1n) is 7.54. The molecule has 1 heterocycles. The van der Waals surface area contributed by atoms with E-state index in [-0.39, 0.29) is 11.6 Å². The van der Waals surface area contributed by atoms with Crippen LogP contribution in [0.2, 0.25) is 0 Å². The predicted molar refractivity (Wildman–Crippen MR) is 90.4 cm³/mol. The van der Waals surface area contributed by atoms with E-state index >= 15 is 0 Å². The average Bonchev–Trinajstić information content (AvgIpc) is 2.65. The summed E-state index contributed by atoms with van der Waals surface area (Å²) < 4.78 is 10.6. The Morgan fingerprint density at radius 2 is 1.79 bits per heavy atom. The largest absolute Gasteiger partial charge is 0.497 e. The summed E-state index contributed by atoms with van der Waals surface area (Å²) in [6.45, 7) is 0.735. The number of hydrogen-bond acceptors (Lipinski definition) is 5. The van der Waals surface area contributed by atoms with E-state index in [1.54, 1.807) is 13.2 Å². The van der Waals surface area contributed by atoms with E-state index in [9.17, 15) is 4.79 Å². The van der Waals surface area contributed by atoms with Crippen molar-refractivity contribution >= 4 is 16.8 Å². The fourth-order valence-electron chi connectivity index (χ4n) is 2.19. The zero-order chi connectivity index (χ0) is 16.8. The zero-order valence-electron chi connectivity index (χ0n) is 13.2. The van der Waals surface area contributed by atoms with Crippen LogP contribution in [0.25, 0.3) is 10.9 Å². The highest BCUT2D eigenvalue weighted by Crippen LogP contribution is 2.16. The lowest BCUT2D eigenvalue weighted by Crippen LogP contribution is -2.29. The molecule has 2 aromatic carbocycles. The van der Waals surface area contributed by atoms with Crippen LogP contribution in [0, 0.1) is 0 Å². The Kier molecular flexibility index (Phi) is 4.86. The third kappa shape index (κ3) is 3.78. The molecule has 6 nitrogen and oxygen atoms in total. The van der Waals surface area contributed by atoms with Gasteiger partial charge in [0.1, 0.15) is 18.1 Å². The first kappa shape index (κ1) is 15.7. The number of rotatable bonds is 6. The minimum Gasteiger partial charge on any atom is -0.497 e. The molecular weight excluding hydrogens is 306 g/mol. The SMILES string of the molecule is COc1ccc(OCCNC(=O)c2cc3ccccc3nn2)cc1. The zero-order valence-corrected chi connectivity index (χ0v) is 13.2. The fraction of sp³-hybridized carbons (Fsp3) is 0.167. The Bertz CT molecular complexity index is 834. The number of ether oxygens (including phenoxy) is 2. The van der Waals surface area contributed by atoms with Crippen LogP contribution in [0.3, 0.4) is 0 Å². The Morgan fingerprint density at radius 1 is 1.04 bits per heavy atom. The maximum absolute atomic E-state index is 12.1. The number of hydrogen-bond donors (Lipinski definition) is 1. The van der Waals surface area contributed by atoms with Gasteiger partial charge in [-0.2, -0.15) is 0 Å².